The Morgan fingerprint density at radius 1 is 1.41 bits per heavy atom. The van der Waals surface area contributed by atoms with Crippen molar-refractivity contribution < 1.29 is 4.79 Å². The summed E-state index contributed by atoms with van der Waals surface area (Å²) in [7, 11) is 0. The van der Waals surface area contributed by atoms with Crippen LogP contribution in [0, 0.1) is 5.92 Å². The Kier molecular flexibility index (Phi) is 5.49. The Bertz CT molecular complexity index is 378. The molecule has 3 heteroatoms. The molecule has 0 aliphatic carbocycles. The summed E-state index contributed by atoms with van der Waals surface area (Å²) in [6.45, 7) is 8.32. The molecular weight excluding hydrogens is 234 g/mol. The van der Waals surface area contributed by atoms with E-state index in [0.29, 0.717) is 16.5 Å². The Balaban J connectivity index is 3.01. The van der Waals surface area contributed by atoms with Crippen molar-refractivity contribution in [1.29, 1.82) is 0 Å². The van der Waals surface area contributed by atoms with Gasteiger partial charge in [0.1, 0.15) is 0 Å². The topological polar surface area (TPSA) is 20.3 Å². The van der Waals surface area contributed by atoms with Crippen molar-refractivity contribution in [3.8, 4) is 0 Å². The van der Waals surface area contributed by atoms with Gasteiger partial charge in [0, 0.05) is 29.4 Å². The minimum atomic E-state index is 0.605. The lowest BCUT2D eigenvalue weighted by molar-refractivity contribution is 0.112. The number of hydrogen-bond acceptors (Lipinski definition) is 2. The van der Waals surface area contributed by atoms with Gasteiger partial charge < -0.3 is 4.90 Å². The molecule has 0 amide bonds. The first kappa shape index (κ1) is 14.0. The van der Waals surface area contributed by atoms with Gasteiger partial charge in [-0.05, 0) is 31.0 Å². The molecule has 0 bridgehead atoms. The molecule has 1 aromatic rings. The largest absolute Gasteiger partial charge is 0.371 e. The number of rotatable bonds is 6. The average Bonchev–Trinajstić information content (AvgIpc) is 2.35. The SMILES string of the molecule is CCC(C)CN(CC)c1cc(Cl)ccc1C=O. The van der Waals surface area contributed by atoms with Gasteiger partial charge in [0.15, 0.2) is 6.29 Å². The molecule has 0 saturated heterocycles. The minimum absolute atomic E-state index is 0.605. The highest BCUT2D eigenvalue weighted by atomic mass is 35.5. The van der Waals surface area contributed by atoms with E-state index in [9.17, 15) is 4.79 Å². The van der Waals surface area contributed by atoms with Crippen LogP contribution in [0.25, 0.3) is 0 Å². The number of halogens is 1. The van der Waals surface area contributed by atoms with Gasteiger partial charge in [0.05, 0.1) is 0 Å². The average molecular weight is 254 g/mol. The zero-order valence-corrected chi connectivity index (χ0v) is 11.5. The molecule has 1 aromatic carbocycles. The van der Waals surface area contributed by atoms with Crippen LogP contribution in [0.5, 0.6) is 0 Å². The number of nitrogens with zero attached hydrogens (tertiary/aromatic N) is 1. The van der Waals surface area contributed by atoms with Crippen molar-refractivity contribution in [1.82, 2.24) is 0 Å². The third-order valence-electron chi connectivity index (χ3n) is 3.07. The maximum Gasteiger partial charge on any atom is 0.152 e. The number of benzene rings is 1. The van der Waals surface area contributed by atoms with E-state index in [4.69, 9.17) is 11.6 Å². The maximum absolute atomic E-state index is 11.0. The number of carbonyl (C=O) groups is 1. The molecule has 1 unspecified atom stereocenters. The fourth-order valence-electron chi connectivity index (χ4n) is 1.79. The van der Waals surface area contributed by atoms with Crippen LogP contribution >= 0.6 is 11.6 Å². The summed E-state index contributed by atoms with van der Waals surface area (Å²) < 4.78 is 0. The zero-order valence-electron chi connectivity index (χ0n) is 10.7. The van der Waals surface area contributed by atoms with Crippen molar-refractivity contribution in [2.24, 2.45) is 5.92 Å². The Morgan fingerprint density at radius 2 is 2.12 bits per heavy atom. The summed E-state index contributed by atoms with van der Waals surface area (Å²) in [6, 6.07) is 5.41. The molecule has 0 saturated carbocycles. The van der Waals surface area contributed by atoms with Gasteiger partial charge in [0.25, 0.3) is 0 Å². The van der Waals surface area contributed by atoms with Crippen molar-refractivity contribution in [2.45, 2.75) is 27.2 Å². The van der Waals surface area contributed by atoms with Crippen LogP contribution in [0.2, 0.25) is 5.02 Å². The van der Waals surface area contributed by atoms with E-state index in [1.54, 1.807) is 12.1 Å². The summed E-state index contributed by atoms with van der Waals surface area (Å²) >= 11 is 6.00. The van der Waals surface area contributed by atoms with Crippen molar-refractivity contribution >= 4 is 23.6 Å². The number of hydrogen-bond donors (Lipinski definition) is 0. The molecule has 0 N–H and O–H groups in total. The number of anilines is 1. The molecule has 17 heavy (non-hydrogen) atoms. The van der Waals surface area contributed by atoms with E-state index >= 15 is 0 Å². The number of aldehydes is 1. The van der Waals surface area contributed by atoms with E-state index in [1.807, 2.05) is 6.07 Å². The van der Waals surface area contributed by atoms with Crippen LogP contribution in [0.15, 0.2) is 18.2 Å². The van der Waals surface area contributed by atoms with Crippen LogP contribution in [-0.4, -0.2) is 19.4 Å². The van der Waals surface area contributed by atoms with Crippen LogP contribution in [0.1, 0.15) is 37.6 Å². The highest BCUT2D eigenvalue weighted by molar-refractivity contribution is 6.31. The lowest BCUT2D eigenvalue weighted by Gasteiger charge is -2.27. The Hall–Kier alpha value is -1.02. The summed E-state index contributed by atoms with van der Waals surface area (Å²) in [5.41, 5.74) is 1.65. The lowest BCUT2D eigenvalue weighted by Crippen LogP contribution is -2.28. The summed E-state index contributed by atoms with van der Waals surface area (Å²) in [6.07, 6.45) is 2.03. The minimum Gasteiger partial charge on any atom is -0.371 e. The third-order valence-corrected chi connectivity index (χ3v) is 3.31. The zero-order chi connectivity index (χ0) is 12.8. The molecule has 0 aliphatic heterocycles. The summed E-state index contributed by atoms with van der Waals surface area (Å²) in [5, 5.41) is 0.674. The van der Waals surface area contributed by atoms with Gasteiger partial charge in [-0.1, -0.05) is 31.9 Å². The van der Waals surface area contributed by atoms with Gasteiger partial charge in [-0.25, -0.2) is 0 Å². The molecule has 1 rings (SSSR count). The van der Waals surface area contributed by atoms with Gasteiger partial charge in [-0.2, -0.15) is 0 Å². The van der Waals surface area contributed by atoms with Gasteiger partial charge in [-0.15, -0.1) is 0 Å². The fraction of sp³-hybridized carbons (Fsp3) is 0.500. The summed E-state index contributed by atoms with van der Waals surface area (Å²) in [4.78, 5) is 13.3. The Labute approximate surface area is 109 Å². The van der Waals surface area contributed by atoms with E-state index in [2.05, 4.69) is 25.7 Å². The summed E-state index contributed by atoms with van der Waals surface area (Å²) in [5.74, 6) is 0.605. The van der Waals surface area contributed by atoms with Crippen LogP contribution in [0.4, 0.5) is 5.69 Å². The number of carbonyl (C=O) groups excluding carboxylic acids is 1. The molecule has 0 fully saturated rings. The molecule has 0 spiro atoms. The first-order valence-corrected chi connectivity index (χ1v) is 6.49. The molecule has 94 valence electrons. The van der Waals surface area contributed by atoms with Crippen LogP contribution in [-0.2, 0) is 0 Å². The molecule has 0 aliphatic rings. The second-order valence-electron chi connectivity index (χ2n) is 4.37. The molecule has 1 atom stereocenters. The predicted octanol–water partition coefficient (Wildman–Crippen LogP) is 4.02. The highest BCUT2D eigenvalue weighted by Crippen LogP contribution is 2.24. The predicted molar refractivity (Wildman–Crippen MR) is 74.2 cm³/mol. The van der Waals surface area contributed by atoms with Crippen LogP contribution < -0.4 is 4.90 Å². The van der Waals surface area contributed by atoms with Crippen LogP contribution in [0.3, 0.4) is 0 Å². The first-order valence-electron chi connectivity index (χ1n) is 6.12. The Morgan fingerprint density at radius 3 is 2.65 bits per heavy atom. The molecule has 0 heterocycles. The van der Waals surface area contributed by atoms with Gasteiger partial charge >= 0.3 is 0 Å². The maximum atomic E-state index is 11.0. The molecule has 2 nitrogen and oxygen atoms in total. The highest BCUT2D eigenvalue weighted by Gasteiger charge is 2.12. The normalized spacial score (nSPS) is 12.2. The van der Waals surface area contributed by atoms with Crippen molar-refractivity contribution in [3.63, 3.8) is 0 Å². The molecule has 0 radical (unpaired) electrons. The first-order chi connectivity index (χ1) is 8.12. The van der Waals surface area contributed by atoms with Gasteiger partial charge in [-0.3, -0.25) is 4.79 Å². The second kappa shape index (κ2) is 6.65. The molecule has 0 aromatic heterocycles. The van der Waals surface area contributed by atoms with E-state index < -0.39 is 0 Å². The quantitative estimate of drug-likeness (QED) is 0.714. The standard InChI is InChI=1S/C14H20ClNO/c1-4-11(3)9-16(5-2)14-8-13(15)7-6-12(14)10-17/h6-8,10-11H,4-5,9H2,1-3H3. The lowest BCUT2D eigenvalue weighted by atomic mass is 10.1. The second-order valence-corrected chi connectivity index (χ2v) is 4.81. The van der Waals surface area contributed by atoms with Crippen molar-refractivity contribution in [3.05, 3.63) is 28.8 Å². The van der Waals surface area contributed by atoms with Gasteiger partial charge in [0.2, 0.25) is 0 Å². The van der Waals surface area contributed by atoms with E-state index in [-0.39, 0.29) is 0 Å². The van der Waals surface area contributed by atoms with E-state index in [0.717, 1.165) is 31.5 Å². The monoisotopic (exact) mass is 253 g/mol. The molecular formula is C14H20ClNO. The third kappa shape index (κ3) is 3.74. The smallest absolute Gasteiger partial charge is 0.152 e. The fourth-order valence-corrected chi connectivity index (χ4v) is 1.96. The van der Waals surface area contributed by atoms with E-state index in [1.165, 1.54) is 0 Å². The van der Waals surface area contributed by atoms with Crippen molar-refractivity contribution in [2.75, 3.05) is 18.0 Å².